The van der Waals surface area contributed by atoms with Crippen LogP contribution >= 0.6 is 0 Å². The second-order valence-electron chi connectivity index (χ2n) is 6.54. The number of nitro groups is 1. The number of ether oxygens (including phenoxy) is 4. The van der Waals surface area contributed by atoms with Gasteiger partial charge in [-0.05, 0) is 44.0 Å². The van der Waals surface area contributed by atoms with Gasteiger partial charge in [-0.15, -0.1) is 0 Å². The summed E-state index contributed by atoms with van der Waals surface area (Å²) in [6, 6.07) is 7.86. The molecule has 0 radical (unpaired) electrons. The van der Waals surface area contributed by atoms with Crippen LogP contribution in [0.15, 0.2) is 30.3 Å². The molecule has 0 heterocycles. The lowest BCUT2D eigenvalue weighted by molar-refractivity contribution is -0.385. The lowest BCUT2D eigenvalue weighted by atomic mass is 10.1. The van der Waals surface area contributed by atoms with Crippen molar-refractivity contribution in [3.8, 4) is 23.0 Å². The number of nitrogens with one attached hydrogen (secondary N) is 1. The molecular formula is C22H28N2O7. The average Bonchev–Trinajstić information content (AvgIpc) is 2.77. The summed E-state index contributed by atoms with van der Waals surface area (Å²) in [7, 11) is 2.87. The maximum absolute atomic E-state index is 12.6. The van der Waals surface area contributed by atoms with Gasteiger partial charge < -0.3 is 24.3 Å². The van der Waals surface area contributed by atoms with Crippen LogP contribution in [0.2, 0.25) is 0 Å². The first-order valence-corrected chi connectivity index (χ1v) is 10.0. The number of benzene rings is 2. The molecule has 0 atom stereocenters. The van der Waals surface area contributed by atoms with Gasteiger partial charge in [0, 0.05) is 17.7 Å². The molecule has 1 amide bonds. The number of carbonyl (C=O) groups excluding carboxylic acids is 1. The Labute approximate surface area is 181 Å². The molecule has 2 rings (SSSR count). The fourth-order valence-electron chi connectivity index (χ4n) is 2.94. The molecule has 168 valence electrons. The lowest BCUT2D eigenvalue weighted by Crippen LogP contribution is -2.26. The van der Waals surface area contributed by atoms with E-state index in [9.17, 15) is 14.9 Å². The Morgan fingerprint density at radius 3 is 2.32 bits per heavy atom. The van der Waals surface area contributed by atoms with Crippen molar-refractivity contribution in [3.05, 3.63) is 51.6 Å². The molecule has 1 N–H and O–H groups in total. The highest BCUT2D eigenvalue weighted by molar-refractivity contribution is 5.94. The average molecular weight is 432 g/mol. The number of nitrogens with zero attached hydrogens (tertiary/aromatic N) is 1. The SMILES string of the molecule is CCCOc1ccc(C(=O)NCCc2cc(OC)c(OC)cc2[N+](=O)[O-])cc1OCC. The summed E-state index contributed by atoms with van der Waals surface area (Å²) >= 11 is 0. The van der Waals surface area contributed by atoms with E-state index < -0.39 is 4.92 Å². The molecule has 2 aromatic rings. The second-order valence-corrected chi connectivity index (χ2v) is 6.54. The van der Waals surface area contributed by atoms with Gasteiger partial charge in [0.15, 0.2) is 23.0 Å². The first-order chi connectivity index (χ1) is 14.9. The van der Waals surface area contributed by atoms with Gasteiger partial charge in [0.1, 0.15) is 0 Å². The molecule has 9 nitrogen and oxygen atoms in total. The Kier molecular flexibility index (Phi) is 8.93. The predicted molar refractivity (Wildman–Crippen MR) is 116 cm³/mol. The summed E-state index contributed by atoms with van der Waals surface area (Å²) in [4.78, 5) is 23.5. The van der Waals surface area contributed by atoms with Crippen LogP contribution in [0.5, 0.6) is 23.0 Å². The van der Waals surface area contributed by atoms with Gasteiger partial charge in [0.05, 0.1) is 38.4 Å². The molecule has 31 heavy (non-hydrogen) atoms. The summed E-state index contributed by atoms with van der Waals surface area (Å²) in [5, 5.41) is 14.2. The normalized spacial score (nSPS) is 10.3. The van der Waals surface area contributed by atoms with Crippen LogP contribution in [-0.4, -0.2) is 44.8 Å². The maximum atomic E-state index is 12.6. The van der Waals surface area contributed by atoms with E-state index in [4.69, 9.17) is 18.9 Å². The van der Waals surface area contributed by atoms with Crippen LogP contribution in [0, 0.1) is 10.1 Å². The number of amides is 1. The predicted octanol–water partition coefficient (Wildman–Crippen LogP) is 3.77. The minimum atomic E-state index is -0.484. The summed E-state index contributed by atoms with van der Waals surface area (Å²) in [5.74, 6) is 1.43. The minimum absolute atomic E-state index is 0.0945. The van der Waals surface area contributed by atoms with Gasteiger partial charge in [0.25, 0.3) is 11.6 Å². The zero-order valence-corrected chi connectivity index (χ0v) is 18.2. The van der Waals surface area contributed by atoms with Crippen molar-refractivity contribution in [2.24, 2.45) is 0 Å². The Hall–Kier alpha value is -3.49. The largest absolute Gasteiger partial charge is 0.493 e. The first kappa shape index (κ1) is 23.8. The van der Waals surface area contributed by atoms with E-state index in [1.165, 1.54) is 20.3 Å². The van der Waals surface area contributed by atoms with Crippen molar-refractivity contribution in [3.63, 3.8) is 0 Å². The molecule has 0 aromatic heterocycles. The topological polar surface area (TPSA) is 109 Å². The fraction of sp³-hybridized carbons (Fsp3) is 0.409. The maximum Gasteiger partial charge on any atom is 0.276 e. The van der Waals surface area contributed by atoms with Crippen LogP contribution in [0.4, 0.5) is 5.69 Å². The number of carbonyl (C=O) groups is 1. The van der Waals surface area contributed by atoms with E-state index in [1.807, 2.05) is 13.8 Å². The van der Waals surface area contributed by atoms with Crippen LogP contribution in [0.25, 0.3) is 0 Å². The molecule has 0 aliphatic rings. The third-order valence-corrected chi connectivity index (χ3v) is 4.43. The third kappa shape index (κ3) is 6.24. The zero-order chi connectivity index (χ0) is 22.8. The van der Waals surface area contributed by atoms with Crippen LogP contribution < -0.4 is 24.3 Å². The van der Waals surface area contributed by atoms with Gasteiger partial charge in [-0.2, -0.15) is 0 Å². The van der Waals surface area contributed by atoms with E-state index in [0.29, 0.717) is 41.6 Å². The summed E-state index contributed by atoms with van der Waals surface area (Å²) in [6.07, 6.45) is 1.11. The summed E-state index contributed by atoms with van der Waals surface area (Å²) in [5.41, 5.74) is 0.748. The number of nitro benzene ring substituents is 1. The molecule has 0 bridgehead atoms. The monoisotopic (exact) mass is 432 g/mol. The molecule has 0 fully saturated rings. The molecule has 0 aliphatic carbocycles. The highest BCUT2D eigenvalue weighted by atomic mass is 16.6. The second kappa shape index (κ2) is 11.6. The number of hydrogen-bond donors (Lipinski definition) is 1. The van der Waals surface area contributed by atoms with Crippen molar-refractivity contribution < 1.29 is 28.7 Å². The van der Waals surface area contributed by atoms with Gasteiger partial charge in [-0.25, -0.2) is 0 Å². The Bertz CT molecular complexity index is 915. The zero-order valence-electron chi connectivity index (χ0n) is 18.2. The molecule has 2 aromatic carbocycles. The highest BCUT2D eigenvalue weighted by Gasteiger charge is 2.19. The van der Waals surface area contributed by atoms with E-state index in [2.05, 4.69) is 5.32 Å². The number of methoxy groups -OCH3 is 2. The van der Waals surface area contributed by atoms with Crippen molar-refractivity contribution in [2.45, 2.75) is 26.7 Å². The third-order valence-electron chi connectivity index (χ3n) is 4.43. The summed E-state index contributed by atoms with van der Waals surface area (Å²) < 4.78 is 21.6. The molecular weight excluding hydrogens is 404 g/mol. The Balaban J connectivity index is 2.11. The summed E-state index contributed by atoms with van der Waals surface area (Å²) in [6.45, 7) is 5.05. The number of hydrogen-bond acceptors (Lipinski definition) is 7. The minimum Gasteiger partial charge on any atom is -0.493 e. The van der Waals surface area contributed by atoms with Crippen molar-refractivity contribution in [2.75, 3.05) is 34.0 Å². The number of rotatable bonds is 12. The van der Waals surface area contributed by atoms with Gasteiger partial charge in [-0.3, -0.25) is 14.9 Å². The van der Waals surface area contributed by atoms with Gasteiger partial charge in [0.2, 0.25) is 0 Å². The lowest BCUT2D eigenvalue weighted by Gasteiger charge is -2.13. The van der Waals surface area contributed by atoms with E-state index in [1.54, 1.807) is 24.3 Å². The van der Waals surface area contributed by atoms with E-state index >= 15 is 0 Å². The Morgan fingerprint density at radius 1 is 1.00 bits per heavy atom. The fourth-order valence-corrected chi connectivity index (χ4v) is 2.94. The molecule has 0 spiro atoms. The standard InChI is InChI=1S/C22H28N2O7/c1-5-11-31-18-8-7-16(13-21(18)30-6-2)22(25)23-10-9-15-12-19(28-3)20(29-4)14-17(15)24(26)27/h7-8,12-14H,5-6,9-11H2,1-4H3,(H,23,25). The smallest absolute Gasteiger partial charge is 0.276 e. The van der Waals surface area contributed by atoms with Crippen LogP contribution in [-0.2, 0) is 6.42 Å². The molecule has 0 saturated carbocycles. The molecule has 0 unspecified atom stereocenters. The van der Waals surface area contributed by atoms with E-state index in [0.717, 1.165) is 6.42 Å². The van der Waals surface area contributed by atoms with Gasteiger partial charge in [-0.1, -0.05) is 6.92 Å². The first-order valence-electron chi connectivity index (χ1n) is 10.0. The van der Waals surface area contributed by atoms with Crippen molar-refractivity contribution in [1.82, 2.24) is 5.32 Å². The van der Waals surface area contributed by atoms with Crippen LogP contribution in [0.3, 0.4) is 0 Å². The highest BCUT2D eigenvalue weighted by Crippen LogP contribution is 2.34. The molecule has 0 aliphatic heterocycles. The van der Waals surface area contributed by atoms with E-state index in [-0.39, 0.29) is 30.3 Å². The molecule has 0 saturated heterocycles. The quantitative estimate of drug-likeness (QED) is 0.402. The van der Waals surface area contributed by atoms with Gasteiger partial charge >= 0.3 is 0 Å². The van der Waals surface area contributed by atoms with Crippen LogP contribution in [0.1, 0.15) is 36.2 Å². The Morgan fingerprint density at radius 2 is 1.71 bits per heavy atom. The van der Waals surface area contributed by atoms with Crippen molar-refractivity contribution in [1.29, 1.82) is 0 Å². The van der Waals surface area contributed by atoms with Crippen molar-refractivity contribution >= 4 is 11.6 Å². The molecule has 9 heteroatoms.